The van der Waals surface area contributed by atoms with Crippen molar-refractivity contribution in [2.75, 3.05) is 0 Å². The number of carbonyl (C=O) groups excluding carboxylic acids is 1. The van der Waals surface area contributed by atoms with Crippen molar-refractivity contribution >= 4 is 5.91 Å². The number of hydrogen-bond donors (Lipinski definition) is 1. The molecule has 0 fully saturated rings. The summed E-state index contributed by atoms with van der Waals surface area (Å²) in [4.78, 5) is 16.9. The first-order valence-corrected chi connectivity index (χ1v) is 8.24. The zero-order valence-electron chi connectivity index (χ0n) is 14.9. The van der Waals surface area contributed by atoms with E-state index in [-0.39, 0.29) is 11.9 Å². The molecule has 3 rings (SSSR count). The van der Waals surface area contributed by atoms with Crippen molar-refractivity contribution in [2.45, 2.75) is 26.8 Å². The molecule has 0 aliphatic carbocycles. The lowest BCUT2D eigenvalue weighted by atomic mass is 9.94. The van der Waals surface area contributed by atoms with Crippen LogP contribution in [0.5, 0.6) is 0 Å². The van der Waals surface area contributed by atoms with Crippen molar-refractivity contribution < 1.29 is 4.79 Å². The Morgan fingerprint density at radius 3 is 2.56 bits per heavy atom. The Hall–Kier alpha value is -2.95. The van der Waals surface area contributed by atoms with Gasteiger partial charge >= 0.3 is 0 Å². The monoisotopic (exact) mass is 334 g/mol. The number of amides is 1. The van der Waals surface area contributed by atoms with Gasteiger partial charge in [-0.25, -0.2) is 0 Å². The Morgan fingerprint density at radius 2 is 1.96 bits per heavy atom. The minimum Gasteiger partial charge on any atom is -0.340 e. The van der Waals surface area contributed by atoms with Crippen molar-refractivity contribution in [3.63, 3.8) is 0 Å². The van der Waals surface area contributed by atoms with Crippen LogP contribution in [0.3, 0.4) is 0 Å². The minimum absolute atomic E-state index is 0.197. The molecule has 0 bridgehead atoms. The summed E-state index contributed by atoms with van der Waals surface area (Å²) in [6, 6.07) is 11.6. The maximum absolute atomic E-state index is 12.7. The van der Waals surface area contributed by atoms with Crippen LogP contribution in [-0.2, 0) is 7.05 Å². The van der Waals surface area contributed by atoms with Gasteiger partial charge in [0.1, 0.15) is 5.69 Å². The summed E-state index contributed by atoms with van der Waals surface area (Å²) in [5.41, 5.74) is 5.67. The highest BCUT2D eigenvalue weighted by Crippen LogP contribution is 2.25. The largest absolute Gasteiger partial charge is 0.340 e. The van der Waals surface area contributed by atoms with Gasteiger partial charge in [-0.15, -0.1) is 0 Å². The molecule has 2 heterocycles. The normalized spacial score (nSPS) is 12.0. The van der Waals surface area contributed by atoms with Gasteiger partial charge in [-0.05, 0) is 49.6 Å². The van der Waals surface area contributed by atoms with E-state index in [2.05, 4.69) is 47.4 Å². The number of benzene rings is 1. The molecule has 0 spiro atoms. The van der Waals surface area contributed by atoms with Gasteiger partial charge in [0.2, 0.25) is 0 Å². The number of nitrogens with zero attached hydrogens (tertiary/aromatic N) is 3. The molecular weight excluding hydrogens is 312 g/mol. The molecule has 1 amide bonds. The minimum atomic E-state index is -0.274. The topological polar surface area (TPSA) is 59.8 Å². The van der Waals surface area contributed by atoms with Crippen molar-refractivity contribution in [1.82, 2.24) is 20.1 Å². The first-order chi connectivity index (χ1) is 12.0. The number of aromatic nitrogens is 3. The van der Waals surface area contributed by atoms with Gasteiger partial charge in [0.15, 0.2) is 0 Å². The van der Waals surface area contributed by atoms with Gasteiger partial charge in [0.25, 0.3) is 5.91 Å². The molecule has 5 nitrogen and oxygen atoms in total. The van der Waals surface area contributed by atoms with Gasteiger partial charge in [-0.3, -0.25) is 14.5 Å². The third-order valence-corrected chi connectivity index (χ3v) is 4.38. The third-order valence-electron chi connectivity index (χ3n) is 4.38. The Morgan fingerprint density at radius 1 is 1.16 bits per heavy atom. The van der Waals surface area contributed by atoms with Crippen LogP contribution in [0.1, 0.15) is 44.5 Å². The Bertz CT molecular complexity index is 880. The Labute approximate surface area is 147 Å². The van der Waals surface area contributed by atoms with Gasteiger partial charge in [-0.1, -0.05) is 29.8 Å². The van der Waals surface area contributed by atoms with Crippen molar-refractivity contribution in [2.24, 2.45) is 7.05 Å². The van der Waals surface area contributed by atoms with E-state index in [0.29, 0.717) is 5.69 Å². The zero-order chi connectivity index (χ0) is 18.0. The van der Waals surface area contributed by atoms with E-state index in [1.165, 1.54) is 5.56 Å². The molecule has 0 aliphatic rings. The lowest BCUT2D eigenvalue weighted by molar-refractivity contribution is 0.0937. The van der Waals surface area contributed by atoms with Crippen LogP contribution in [0.15, 0.2) is 48.8 Å². The van der Waals surface area contributed by atoms with E-state index in [4.69, 9.17) is 0 Å². The number of carbonyl (C=O) groups is 1. The van der Waals surface area contributed by atoms with Crippen LogP contribution in [0.25, 0.3) is 0 Å². The standard InChI is InChI=1S/C20H22N4O/c1-13-7-8-17(14(2)10-13)19(16-6-5-9-21-12-16)22-20(25)18-11-15(3)24(4)23-18/h5-12,19H,1-4H3,(H,22,25)/t19-/m0/s1. The molecular formula is C20H22N4O. The second-order valence-corrected chi connectivity index (χ2v) is 6.35. The predicted octanol–water partition coefficient (Wildman–Crippen LogP) is 3.26. The average Bonchev–Trinajstić information content (AvgIpc) is 2.93. The van der Waals surface area contributed by atoms with Gasteiger partial charge < -0.3 is 5.32 Å². The third kappa shape index (κ3) is 3.60. The summed E-state index contributed by atoms with van der Waals surface area (Å²) in [7, 11) is 1.83. The fraction of sp³-hybridized carbons (Fsp3) is 0.250. The number of pyridine rings is 1. The van der Waals surface area contributed by atoms with Crippen molar-refractivity contribution in [3.05, 3.63) is 82.4 Å². The highest BCUT2D eigenvalue weighted by Gasteiger charge is 2.21. The predicted molar refractivity (Wildman–Crippen MR) is 97.4 cm³/mol. The first-order valence-electron chi connectivity index (χ1n) is 8.24. The van der Waals surface area contributed by atoms with Crippen LogP contribution in [0.2, 0.25) is 0 Å². The second-order valence-electron chi connectivity index (χ2n) is 6.35. The summed E-state index contributed by atoms with van der Waals surface area (Å²) in [5.74, 6) is -0.197. The van der Waals surface area contributed by atoms with Crippen LogP contribution < -0.4 is 5.32 Å². The first kappa shape index (κ1) is 16.9. The van der Waals surface area contributed by atoms with Crippen LogP contribution in [0, 0.1) is 20.8 Å². The quantitative estimate of drug-likeness (QED) is 0.797. The molecule has 3 aromatic rings. The molecule has 0 radical (unpaired) electrons. The summed E-state index contributed by atoms with van der Waals surface area (Å²) >= 11 is 0. The highest BCUT2D eigenvalue weighted by atomic mass is 16.2. The Kier molecular flexibility index (Phi) is 4.65. The Balaban J connectivity index is 1.98. The molecule has 0 unspecified atom stereocenters. The number of hydrogen-bond acceptors (Lipinski definition) is 3. The lowest BCUT2D eigenvalue weighted by Crippen LogP contribution is -2.30. The van der Waals surface area contributed by atoms with Gasteiger partial charge in [-0.2, -0.15) is 5.10 Å². The van der Waals surface area contributed by atoms with E-state index < -0.39 is 0 Å². The lowest BCUT2D eigenvalue weighted by Gasteiger charge is -2.21. The van der Waals surface area contributed by atoms with Gasteiger partial charge in [0, 0.05) is 25.1 Å². The molecule has 5 heteroatoms. The SMILES string of the molecule is Cc1ccc([C@@H](NC(=O)c2cc(C)n(C)n2)c2cccnc2)c(C)c1. The maximum Gasteiger partial charge on any atom is 0.272 e. The molecule has 0 saturated heterocycles. The number of nitrogens with one attached hydrogen (secondary N) is 1. The molecule has 2 aromatic heterocycles. The highest BCUT2D eigenvalue weighted by molar-refractivity contribution is 5.93. The zero-order valence-corrected chi connectivity index (χ0v) is 14.9. The fourth-order valence-electron chi connectivity index (χ4n) is 2.91. The molecule has 1 N–H and O–H groups in total. The summed E-state index contributed by atoms with van der Waals surface area (Å²) in [5, 5.41) is 7.39. The number of aryl methyl sites for hydroxylation is 4. The molecule has 1 aromatic carbocycles. The van der Waals surface area contributed by atoms with E-state index in [1.54, 1.807) is 23.1 Å². The molecule has 1 atom stereocenters. The summed E-state index contributed by atoms with van der Waals surface area (Å²) in [6.07, 6.45) is 3.51. The molecule has 0 saturated carbocycles. The molecule has 25 heavy (non-hydrogen) atoms. The van der Waals surface area contributed by atoms with Crippen molar-refractivity contribution in [1.29, 1.82) is 0 Å². The van der Waals surface area contributed by atoms with E-state index in [1.807, 2.05) is 26.1 Å². The van der Waals surface area contributed by atoms with E-state index in [9.17, 15) is 4.79 Å². The number of rotatable bonds is 4. The smallest absolute Gasteiger partial charge is 0.272 e. The van der Waals surface area contributed by atoms with E-state index in [0.717, 1.165) is 22.4 Å². The van der Waals surface area contributed by atoms with Crippen LogP contribution >= 0.6 is 0 Å². The molecule has 0 aliphatic heterocycles. The average molecular weight is 334 g/mol. The fourth-order valence-corrected chi connectivity index (χ4v) is 2.91. The summed E-state index contributed by atoms with van der Waals surface area (Å²) < 4.78 is 1.70. The van der Waals surface area contributed by atoms with Gasteiger partial charge in [0.05, 0.1) is 6.04 Å². The van der Waals surface area contributed by atoms with E-state index >= 15 is 0 Å². The summed E-state index contributed by atoms with van der Waals surface area (Å²) in [6.45, 7) is 6.04. The van der Waals surface area contributed by atoms with Crippen LogP contribution in [0.4, 0.5) is 0 Å². The molecule has 128 valence electrons. The van der Waals surface area contributed by atoms with Crippen molar-refractivity contribution in [3.8, 4) is 0 Å². The maximum atomic E-state index is 12.7. The second kappa shape index (κ2) is 6.89. The van der Waals surface area contributed by atoms with Crippen LogP contribution in [-0.4, -0.2) is 20.7 Å².